The summed E-state index contributed by atoms with van der Waals surface area (Å²) in [6.07, 6.45) is 1.99. The number of nitrogens with zero attached hydrogens (tertiary/aromatic N) is 2. The minimum absolute atomic E-state index is 0.431. The van der Waals surface area contributed by atoms with E-state index in [1.807, 2.05) is 12.1 Å². The van der Waals surface area contributed by atoms with Crippen LogP contribution < -0.4 is 10.1 Å². The summed E-state index contributed by atoms with van der Waals surface area (Å²) in [7, 11) is 1.71. The molecule has 114 valence electrons. The Kier molecular flexibility index (Phi) is 6.43. The Bertz CT molecular complexity index is 528. The minimum atomic E-state index is 0.431. The van der Waals surface area contributed by atoms with E-state index in [0.717, 1.165) is 42.4 Å². The summed E-state index contributed by atoms with van der Waals surface area (Å²) in [6.45, 7) is 4.21. The number of ether oxygens (including phenoxy) is 2. The first-order valence-corrected chi connectivity index (χ1v) is 7.86. The van der Waals surface area contributed by atoms with Gasteiger partial charge in [0.15, 0.2) is 0 Å². The van der Waals surface area contributed by atoms with Gasteiger partial charge in [-0.2, -0.15) is 0 Å². The zero-order chi connectivity index (χ0) is 14.9. The predicted octanol–water partition coefficient (Wildman–Crippen LogP) is 3.13. The fourth-order valence-electron chi connectivity index (χ4n) is 1.80. The van der Waals surface area contributed by atoms with Crippen LogP contribution in [-0.4, -0.2) is 29.8 Å². The molecule has 0 aliphatic carbocycles. The van der Waals surface area contributed by atoms with Crippen LogP contribution in [-0.2, 0) is 17.8 Å². The SMILES string of the molecule is CCCNc1snnc1COc1ccc(CCOC)cc1. The van der Waals surface area contributed by atoms with E-state index in [1.165, 1.54) is 17.1 Å². The van der Waals surface area contributed by atoms with Crippen LogP contribution in [0.25, 0.3) is 0 Å². The molecule has 2 aromatic rings. The monoisotopic (exact) mass is 307 g/mol. The molecule has 0 radical (unpaired) electrons. The van der Waals surface area contributed by atoms with Gasteiger partial charge >= 0.3 is 0 Å². The van der Waals surface area contributed by atoms with Crippen molar-refractivity contribution in [1.29, 1.82) is 0 Å². The first-order chi connectivity index (χ1) is 10.3. The van der Waals surface area contributed by atoms with Gasteiger partial charge in [0, 0.05) is 25.2 Å². The molecule has 1 N–H and O–H groups in total. The fraction of sp³-hybridized carbons (Fsp3) is 0.467. The Morgan fingerprint density at radius 3 is 2.76 bits per heavy atom. The topological polar surface area (TPSA) is 56.3 Å². The molecule has 0 aliphatic rings. The van der Waals surface area contributed by atoms with Crippen LogP contribution in [0.3, 0.4) is 0 Å². The standard InChI is InChI=1S/C15H21N3O2S/c1-3-9-16-15-14(17-18-21-15)11-20-13-6-4-12(5-7-13)8-10-19-2/h4-7,16H,3,8-11H2,1-2H3. The van der Waals surface area contributed by atoms with Gasteiger partial charge in [-0.1, -0.05) is 23.5 Å². The van der Waals surface area contributed by atoms with E-state index in [-0.39, 0.29) is 0 Å². The van der Waals surface area contributed by atoms with Gasteiger partial charge in [-0.15, -0.1) is 5.10 Å². The summed E-state index contributed by atoms with van der Waals surface area (Å²) in [5.74, 6) is 0.839. The van der Waals surface area contributed by atoms with Crippen molar-refractivity contribution >= 4 is 16.5 Å². The zero-order valence-electron chi connectivity index (χ0n) is 12.5. The Hall–Kier alpha value is -1.66. The normalized spacial score (nSPS) is 10.6. The van der Waals surface area contributed by atoms with Gasteiger partial charge in [0.25, 0.3) is 0 Å². The van der Waals surface area contributed by atoms with Crippen LogP contribution in [0.1, 0.15) is 24.6 Å². The van der Waals surface area contributed by atoms with Crippen LogP contribution in [0.5, 0.6) is 5.75 Å². The lowest BCUT2D eigenvalue weighted by molar-refractivity contribution is 0.202. The molecule has 0 atom stereocenters. The third-order valence-corrected chi connectivity index (χ3v) is 3.71. The van der Waals surface area contributed by atoms with Gasteiger partial charge in [0.05, 0.1) is 6.61 Å². The van der Waals surface area contributed by atoms with E-state index < -0.39 is 0 Å². The summed E-state index contributed by atoms with van der Waals surface area (Å²) in [4.78, 5) is 0. The number of hydrogen-bond donors (Lipinski definition) is 1. The summed E-state index contributed by atoms with van der Waals surface area (Å²) in [5.41, 5.74) is 2.10. The van der Waals surface area contributed by atoms with Crippen molar-refractivity contribution in [3.05, 3.63) is 35.5 Å². The number of anilines is 1. The largest absolute Gasteiger partial charge is 0.487 e. The molecule has 21 heavy (non-hydrogen) atoms. The summed E-state index contributed by atoms with van der Waals surface area (Å²) < 4.78 is 14.8. The van der Waals surface area contributed by atoms with Crippen molar-refractivity contribution in [2.24, 2.45) is 0 Å². The van der Waals surface area contributed by atoms with E-state index in [4.69, 9.17) is 9.47 Å². The molecule has 6 heteroatoms. The molecule has 0 saturated heterocycles. The molecule has 0 amide bonds. The average Bonchev–Trinajstić information content (AvgIpc) is 2.97. The van der Waals surface area contributed by atoms with Gasteiger partial charge < -0.3 is 14.8 Å². The molecule has 0 aliphatic heterocycles. The first kappa shape index (κ1) is 15.7. The lowest BCUT2D eigenvalue weighted by atomic mass is 10.1. The number of methoxy groups -OCH3 is 1. The number of hydrogen-bond acceptors (Lipinski definition) is 6. The third-order valence-electron chi connectivity index (χ3n) is 2.99. The smallest absolute Gasteiger partial charge is 0.136 e. The molecule has 0 bridgehead atoms. The molecular formula is C15H21N3O2S. The van der Waals surface area contributed by atoms with Crippen LogP contribution in [0.15, 0.2) is 24.3 Å². The number of nitrogens with one attached hydrogen (secondary N) is 1. The molecule has 0 fully saturated rings. The van der Waals surface area contributed by atoms with Crippen molar-refractivity contribution in [3.63, 3.8) is 0 Å². The van der Waals surface area contributed by atoms with E-state index in [2.05, 4.69) is 34.0 Å². The van der Waals surface area contributed by atoms with Crippen molar-refractivity contribution in [1.82, 2.24) is 9.59 Å². The lowest BCUT2D eigenvalue weighted by Crippen LogP contribution is -2.03. The highest BCUT2D eigenvalue weighted by Crippen LogP contribution is 2.20. The van der Waals surface area contributed by atoms with Crippen molar-refractivity contribution < 1.29 is 9.47 Å². The van der Waals surface area contributed by atoms with Gasteiger partial charge in [-0.3, -0.25) is 0 Å². The highest BCUT2D eigenvalue weighted by Gasteiger charge is 2.08. The lowest BCUT2D eigenvalue weighted by Gasteiger charge is -2.07. The summed E-state index contributed by atoms with van der Waals surface area (Å²) in [6, 6.07) is 8.07. The first-order valence-electron chi connectivity index (χ1n) is 7.09. The van der Waals surface area contributed by atoms with E-state index in [1.54, 1.807) is 7.11 Å². The predicted molar refractivity (Wildman–Crippen MR) is 85.0 cm³/mol. The molecule has 1 heterocycles. The Balaban J connectivity index is 1.86. The van der Waals surface area contributed by atoms with Gasteiger partial charge in [-0.25, -0.2) is 0 Å². The number of aromatic nitrogens is 2. The zero-order valence-corrected chi connectivity index (χ0v) is 13.3. The van der Waals surface area contributed by atoms with Crippen LogP contribution >= 0.6 is 11.5 Å². The fourth-order valence-corrected chi connectivity index (χ4v) is 2.39. The van der Waals surface area contributed by atoms with Crippen LogP contribution in [0, 0.1) is 0 Å². The maximum atomic E-state index is 5.76. The van der Waals surface area contributed by atoms with Crippen LogP contribution in [0.4, 0.5) is 5.00 Å². The van der Waals surface area contributed by atoms with E-state index >= 15 is 0 Å². The maximum Gasteiger partial charge on any atom is 0.136 e. The Morgan fingerprint density at radius 2 is 2.05 bits per heavy atom. The quantitative estimate of drug-likeness (QED) is 0.771. The molecule has 1 aromatic heterocycles. The summed E-state index contributed by atoms with van der Waals surface area (Å²) >= 11 is 1.37. The van der Waals surface area contributed by atoms with Crippen LogP contribution in [0.2, 0.25) is 0 Å². The molecule has 0 spiro atoms. The third kappa shape index (κ3) is 4.99. The molecule has 5 nitrogen and oxygen atoms in total. The van der Waals surface area contributed by atoms with E-state index in [0.29, 0.717) is 6.61 Å². The Labute approximate surface area is 129 Å². The molecular weight excluding hydrogens is 286 g/mol. The molecule has 0 unspecified atom stereocenters. The second-order valence-electron chi connectivity index (χ2n) is 4.65. The van der Waals surface area contributed by atoms with Crippen molar-refractivity contribution in [3.8, 4) is 5.75 Å². The summed E-state index contributed by atoms with van der Waals surface area (Å²) in [5, 5.41) is 8.41. The van der Waals surface area contributed by atoms with Crippen molar-refractivity contribution in [2.45, 2.75) is 26.4 Å². The van der Waals surface area contributed by atoms with Crippen molar-refractivity contribution in [2.75, 3.05) is 25.6 Å². The maximum absolute atomic E-state index is 5.76. The highest BCUT2D eigenvalue weighted by molar-refractivity contribution is 7.10. The molecule has 2 rings (SSSR count). The van der Waals surface area contributed by atoms with Gasteiger partial charge in [0.2, 0.25) is 0 Å². The molecule has 1 aromatic carbocycles. The average molecular weight is 307 g/mol. The van der Waals surface area contributed by atoms with Gasteiger partial charge in [0.1, 0.15) is 23.1 Å². The van der Waals surface area contributed by atoms with E-state index in [9.17, 15) is 0 Å². The highest BCUT2D eigenvalue weighted by atomic mass is 32.1. The second kappa shape index (κ2) is 8.59. The van der Waals surface area contributed by atoms with Gasteiger partial charge in [-0.05, 0) is 30.5 Å². The number of benzene rings is 1. The second-order valence-corrected chi connectivity index (χ2v) is 5.41. The molecule has 0 saturated carbocycles. The minimum Gasteiger partial charge on any atom is -0.487 e. The Morgan fingerprint density at radius 1 is 1.24 bits per heavy atom. The number of rotatable bonds is 9.